The third-order valence-electron chi connectivity index (χ3n) is 1.16. The van der Waals surface area contributed by atoms with Crippen molar-refractivity contribution < 1.29 is 25.5 Å². The summed E-state index contributed by atoms with van der Waals surface area (Å²) in [5.74, 6) is 0. The molecule has 0 amide bonds. The van der Waals surface area contributed by atoms with E-state index in [2.05, 4.69) is 0 Å². The van der Waals surface area contributed by atoms with Gasteiger partial charge in [0.2, 0.25) is 0 Å². The van der Waals surface area contributed by atoms with Crippen molar-refractivity contribution in [3.8, 4) is 0 Å². The van der Waals surface area contributed by atoms with E-state index >= 15 is 0 Å². The maximum Gasteiger partial charge on any atom is 0.110 e. The molecule has 0 aromatic carbocycles. The minimum absolute atomic E-state index is 0.641. The molecule has 10 heavy (non-hydrogen) atoms. The molecule has 0 aromatic rings. The van der Waals surface area contributed by atoms with Crippen molar-refractivity contribution in [3.63, 3.8) is 0 Å². The first-order valence-corrected chi connectivity index (χ1v) is 2.89. The third-order valence-corrected chi connectivity index (χ3v) is 1.16. The van der Waals surface area contributed by atoms with Gasteiger partial charge in [0.1, 0.15) is 18.3 Å². The fourth-order valence-electron chi connectivity index (χ4n) is 0.472. The summed E-state index contributed by atoms with van der Waals surface area (Å²) >= 11 is 0. The highest BCUT2D eigenvalue weighted by Crippen LogP contribution is 1.97. The first-order chi connectivity index (χ1) is 4.63. The Morgan fingerprint density at radius 1 is 0.800 bits per heavy atom. The molecule has 0 heterocycles. The molecule has 0 bridgehead atoms. The van der Waals surface area contributed by atoms with E-state index in [0.29, 0.717) is 0 Å². The van der Waals surface area contributed by atoms with Crippen LogP contribution in [-0.4, -0.2) is 57.1 Å². The number of aliphatic hydroxyl groups excluding tert-OH is 5. The van der Waals surface area contributed by atoms with Gasteiger partial charge in [0.05, 0.1) is 13.2 Å². The van der Waals surface area contributed by atoms with Crippen LogP contribution in [-0.2, 0) is 0 Å². The lowest BCUT2D eigenvalue weighted by Crippen LogP contribution is -2.41. The van der Waals surface area contributed by atoms with Gasteiger partial charge in [0.25, 0.3) is 0 Å². The van der Waals surface area contributed by atoms with Gasteiger partial charge in [0, 0.05) is 0 Å². The average Bonchev–Trinajstić information content (AvgIpc) is 2.00. The topological polar surface area (TPSA) is 101 Å². The summed E-state index contributed by atoms with van der Waals surface area (Å²) in [6, 6.07) is 0. The Bertz CT molecular complexity index is 76.1. The van der Waals surface area contributed by atoms with Crippen molar-refractivity contribution in [2.24, 2.45) is 0 Å². The van der Waals surface area contributed by atoms with Gasteiger partial charge in [-0.15, -0.1) is 0 Å². The molecule has 5 nitrogen and oxygen atoms in total. The van der Waals surface area contributed by atoms with Crippen LogP contribution in [0.5, 0.6) is 0 Å². The Morgan fingerprint density at radius 3 is 1.30 bits per heavy atom. The first kappa shape index (κ1) is 9.80. The minimum atomic E-state index is -1.49. The Hall–Kier alpha value is -0.200. The molecule has 0 rings (SSSR count). The molecule has 0 fully saturated rings. The highest BCUT2D eigenvalue weighted by molar-refractivity contribution is 4.73. The summed E-state index contributed by atoms with van der Waals surface area (Å²) < 4.78 is 0. The van der Waals surface area contributed by atoms with E-state index in [1.807, 2.05) is 0 Å². The summed E-state index contributed by atoms with van der Waals surface area (Å²) in [6.45, 7) is -1.28. The number of rotatable bonds is 4. The van der Waals surface area contributed by atoms with Crippen LogP contribution in [0, 0.1) is 0 Å². The molecule has 0 aromatic heterocycles. The highest BCUT2D eigenvalue weighted by Gasteiger charge is 2.22. The van der Waals surface area contributed by atoms with Gasteiger partial charge >= 0.3 is 0 Å². The standard InChI is InChI=1S/C5H12O5/c6-1-3(8)5(10)4(9)2-7/h3-10H,1-2H2/i1+1,2+1,3+1,4+1,5+1. The summed E-state index contributed by atoms with van der Waals surface area (Å²) in [7, 11) is 0. The Kier molecular flexibility index (Phi) is 4.50. The number of aliphatic hydroxyl groups is 5. The van der Waals surface area contributed by atoms with Crippen LogP contribution in [0.15, 0.2) is 0 Å². The molecule has 0 saturated heterocycles. The zero-order valence-corrected chi connectivity index (χ0v) is 5.38. The lowest BCUT2D eigenvalue weighted by atomic mass is 11.1. The van der Waals surface area contributed by atoms with Gasteiger partial charge < -0.3 is 25.5 Å². The van der Waals surface area contributed by atoms with Crippen molar-refractivity contribution in [3.05, 3.63) is 0 Å². The second-order valence-corrected chi connectivity index (χ2v) is 1.99. The molecule has 5 N–H and O–H groups in total. The molecule has 0 spiro atoms. The molecular weight excluding hydrogens is 145 g/mol. The van der Waals surface area contributed by atoms with Crippen molar-refractivity contribution in [2.45, 2.75) is 18.3 Å². The normalized spacial score (nSPS) is 20.1. The average molecular weight is 157 g/mol. The van der Waals surface area contributed by atoms with Gasteiger partial charge in [-0.05, 0) is 0 Å². The monoisotopic (exact) mass is 157 g/mol. The van der Waals surface area contributed by atoms with Crippen LogP contribution in [0.3, 0.4) is 0 Å². The van der Waals surface area contributed by atoms with Gasteiger partial charge in [0.15, 0.2) is 0 Å². The maximum atomic E-state index is 8.77. The Balaban J connectivity index is 3.69. The number of hydrogen-bond donors (Lipinski definition) is 5. The van der Waals surface area contributed by atoms with Crippen molar-refractivity contribution in [2.75, 3.05) is 13.2 Å². The molecular formula is C5H12O5. The molecule has 0 aliphatic rings. The zero-order chi connectivity index (χ0) is 8.15. The quantitative estimate of drug-likeness (QED) is 0.281. The predicted octanol–water partition coefficient (Wildman–Crippen LogP) is -2.95. The van der Waals surface area contributed by atoms with Crippen LogP contribution in [0.4, 0.5) is 0 Å². The highest BCUT2D eigenvalue weighted by atomic mass is 16.6. The predicted molar refractivity (Wildman–Crippen MR) is 32.2 cm³/mol. The zero-order valence-electron chi connectivity index (χ0n) is 5.38. The van der Waals surface area contributed by atoms with Crippen molar-refractivity contribution >= 4 is 0 Å². The SMILES string of the molecule is O[13CH2][13CH](O)[13CH](O)[13CH](O)[13CH2]O. The Labute approximate surface area is 58.2 Å². The molecule has 0 aliphatic carbocycles. The molecule has 0 aliphatic heterocycles. The first-order valence-electron chi connectivity index (χ1n) is 2.89. The fourth-order valence-corrected chi connectivity index (χ4v) is 0.472. The van der Waals surface area contributed by atoms with Crippen LogP contribution in [0.2, 0.25) is 0 Å². The van der Waals surface area contributed by atoms with E-state index in [1.54, 1.807) is 0 Å². The molecule has 62 valence electrons. The third kappa shape index (κ3) is 2.59. The van der Waals surface area contributed by atoms with Gasteiger partial charge in [-0.1, -0.05) is 0 Å². The van der Waals surface area contributed by atoms with Gasteiger partial charge in [-0.3, -0.25) is 0 Å². The minimum Gasteiger partial charge on any atom is -0.394 e. The second kappa shape index (κ2) is 4.59. The van der Waals surface area contributed by atoms with E-state index in [4.69, 9.17) is 25.5 Å². The molecule has 2 unspecified atom stereocenters. The fraction of sp³-hybridized carbons (Fsp3) is 1.00. The van der Waals surface area contributed by atoms with E-state index in [1.165, 1.54) is 0 Å². The van der Waals surface area contributed by atoms with E-state index in [-0.39, 0.29) is 0 Å². The molecule has 5 heteroatoms. The van der Waals surface area contributed by atoms with Crippen LogP contribution >= 0.6 is 0 Å². The number of hydrogen-bond acceptors (Lipinski definition) is 5. The molecule has 2 atom stereocenters. The summed E-state index contributed by atoms with van der Waals surface area (Å²) in [5.41, 5.74) is 0. The van der Waals surface area contributed by atoms with E-state index < -0.39 is 31.5 Å². The maximum absolute atomic E-state index is 8.77. The van der Waals surface area contributed by atoms with Crippen LogP contribution in [0.25, 0.3) is 0 Å². The lowest BCUT2D eigenvalue weighted by molar-refractivity contribution is -0.0900. The summed E-state index contributed by atoms with van der Waals surface area (Å²) in [5, 5.41) is 42.6. The Morgan fingerprint density at radius 2 is 1.10 bits per heavy atom. The largest absolute Gasteiger partial charge is 0.394 e. The van der Waals surface area contributed by atoms with Crippen LogP contribution in [0.1, 0.15) is 0 Å². The van der Waals surface area contributed by atoms with Gasteiger partial charge in [-0.25, -0.2) is 0 Å². The lowest BCUT2D eigenvalue weighted by Gasteiger charge is -2.19. The van der Waals surface area contributed by atoms with E-state index in [0.717, 1.165) is 0 Å². The molecule has 0 radical (unpaired) electrons. The smallest absolute Gasteiger partial charge is 0.110 e. The van der Waals surface area contributed by atoms with Crippen molar-refractivity contribution in [1.29, 1.82) is 0 Å². The van der Waals surface area contributed by atoms with Gasteiger partial charge in [-0.2, -0.15) is 0 Å². The summed E-state index contributed by atoms with van der Waals surface area (Å²) in [6.07, 6.45) is -4.29. The van der Waals surface area contributed by atoms with Crippen molar-refractivity contribution in [1.82, 2.24) is 0 Å². The summed E-state index contributed by atoms with van der Waals surface area (Å²) in [4.78, 5) is 0. The van der Waals surface area contributed by atoms with E-state index in [9.17, 15) is 0 Å². The molecule has 0 saturated carbocycles. The second-order valence-electron chi connectivity index (χ2n) is 1.99. The van der Waals surface area contributed by atoms with Crippen LogP contribution < -0.4 is 0 Å².